The van der Waals surface area contributed by atoms with Crippen LogP contribution in [-0.2, 0) is 9.59 Å². The van der Waals surface area contributed by atoms with Crippen molar-refractivity contribution in [3.05, 3.63) is 0 Å². The lowest BCUT2D eigenvalue weighted by Gasteiger charge is -2.05. The molecule has 0 saturated carbocycles. The summed E-state index contributed by atoms with van der Waals surface area (Å²) >= 11 is 1.59. The molecule has 88 valence electrons. The van der Waals surface area contributed by atoms with Crippen molar-refractivity contribution < 1.29 is 14.7 Å². The van der Waals surface area contributed by atoms with Crippen molar-refractivity contribution in [3.63, 3.8) is 0 Å². The van der Waals surface area contributed by atoms with Crippen molar-refractivity contribution >= 4 is 23.6 Å². The number of rotatable bonds is 8. The smallest absolute Gasteiger partial charge is 0.305 e. The van der Waals surface area contributed by atoms with E-state index in [2.05, 4.69) is 19.2 Å². The minimum Gasteiger partial charge on any atom is -0.481 e. The fourth-order valence-electron chi connectivity index (χ4n) is 0.844. The molecular formula is C10H19NO3S. The van der Waals surface area contributed by atoms with Crippen LogP contribution in [0.25, 0.3) is 0 Å². The van der Waals surface area contributed by atoms with Crippen LogP contribution < -0.4 is 5.32 Å². The molecule has 0 aliphatic rings. The van der Waals surface area contributed by atoms with Crippen molar-refractivity contribution in [3.8, 4) is 0 Å². The molecule has 0 heterocycles. The Kier molecular flexibility index (Phi) is 8.18. The Hall–Kier alpha value is -0.710. The first-order chi connectivity index (χ1) is 7.02. The molecule has 2 N–H and O–H groups in total. The van der Waals surface area contributed by atoms with Gasteiger partial charge in [-0.1, -0.05) is 13.8 Å². The van der Waals surface area contributed by atoms with Crippen LogP contribution in [0.15, 0.2) is 0 Å². The third-order valence-electron chi connectivity index (χ3n) is 1.73. The molecule has 0 spiro atoms. The molecule has 0 aliphatic carbocycles. The highest BCUT2D eigenvalue weighted by Gasteiger charge is 2.03. The lowest BCUT2D eigenvalue weighted by Crippen LogP contribution is -2.27. The zero-order valence-corrected chi connectivity index (χ0v) is 10.1. The van der Waals surface area contributed by atoms with Crippen LogP contribution in [0.5, 0.6) is 0 Å². The SMILES string of the molecule is CC(C)CCSCC(=O)NCCC(=O)O. The zero-order valence-electron chi connectivity index (χ0n) is 9.28. The van der Waals surface area contributed by atoms with Crippen LogP contribution in [-0.4, -0.2) is 35.0 Å². The van der Waals surface area contributed by atoms with E-state index in [1.165, 1.54) is 0 Å². The summed E-state index contributed by atoms with van der Waals surface area (Å²) in [5.41, 5.74) is 0. The predicted octanol–water partition coefficient (Wildman–Crippen LogP) is 1.36. The third-order valence-corrected chi connectivity index (χ3v) is 2.72. The van der Waals surface area contributed by atoms with Crippen LogP contribution in [0.3, 0.4) is 0 Å². The Labute approximate surface area is 94.8 Å². The highest BCUT2D eigenvalue weighted by atomic mass is 32.2. The van der Waals surface area contributed by atoms with Crippen molar-refractivity contribution in [2.75, 3.05) is 18.1 Å². The van der Waals surface area contributed by atoms with E-state index >= 15 is 0 Å². The molecule has 0 radical (unpaired) electrons. The molecule has 1 amide bonds. The molecule has 5 heteroatoms. The van der Waals surface area contributed by atoms with Crippen molar-refractivity contribution in [1.82, 2.24) is 5.32 Å². The molecular weight excluding hydrogens is 214 g/mol. The Balaban J connectivity index is 3.30. The molecule has 0 aromatic heterocycles. The third kappa shape index (κ3) is 11.2. The number of carboxylic acid groups (broad SMARTS) is 1. The molecule has 0 fully saturated rings. The summed E-state index contributed by atoms with van der Waals surface area (Å²) < 4.78 is 0. The van der Waals surface area contributed by atoms with Gasteiger partial charge in [-0.15, -0.1) is 0 Å². The fraction of sp³-hybridized carbons (Fsp3) is 0.800. The van der Waals surface area contributed by atoms with Crippen LogP contribution in [0.4, 0.5) is 0 Å². The van der Waals surface area contributed by atoms with E-state index in [1.54, 1.807) is 11.8 Å². The van der Waals surface area contributed by atoms with Crippen molar-refractivity contribution in [2.45, 2.75) is 26.7 Å². The van der Waals surface area contributed by atoms with Gasteiger partial charge in [0.2, 0.25) is 5.91 Å². The first-order valence-corrected chi connectivity index (χ1v) is 6.24. The van der Waals surface area contributed by atoms with E-state index in [4.69, 9.17) is 5.11 Å². The number of hydrogen-bond acceptors (Lipinski definition) is 3. The van der Waals surface area contributed by atoms with Gasteiger partial charge in [0.1, 0.15) is 0 Å². The Morgan fingerprint density at radius 3 is 2.60 bits per heavy atom. The maximum Gasteiger partial charge on any atom is 0.305 e. The topological polar surface area (TPSA) is 66.4 Å². The van der Waals surface area contributed by atoms with Crippen LogP contribution in [0, 0.1) is 5.92 Å². The minimum atomic E-state index is -0.886. The fourth-order valence-corrected chi connectivity index (χ4v) is 1.91. The van der Waals surface area contributed by atoms with E-state index < -0.39 is 5.97 Å². The van der Waals surface area contributed by atoms with E-state index in [-0.39, 0.29) is 18.9 Å². The number of hydrogen-bond donors (Lipinski definition) is 2. The van der Waals surface area contributed by atoms with Gasteiger partial charge in [-0.05, 0) is 18.1 Å². The zero-order chi connectivity index (χ0) is 11.7. The summed E-state index contributed by atoms with van der Waals surface area (Å²) in [4.78, 5) is 21.3. The van der Waals surface area contributed by atoms with E-state index in [1.807, 2.05) is 0 Å². The van der Waals surface area contributed by atoms with Crippen LogP contribution in [0.2, 0.25) is 0 Å². The summed E-state index contributed by atoms with van der Waals surface area (Å²) in [5.74, 6) is 1.09. The standard InChI is InChI=1S/C10H19NO3S/c1-8(2)4-6-15-7-9(12)11-5-3-10(13)14/h8H,3-7H2,1-2H3,(H,11,12)(H,13,14). The molecule has 4 nitrogen and oxygen atoms in total. The molecule has 0 unspecified atom stereocenters. The largest absolute Gasteiger partial charge is 0.481 e. The lowest BCUT2D eigenvalue weighted by atomic mass is 10.2. The summed E-state index contributed by atoms with van der Waals surface area (Å²) in [7, 11) is 0. The molecule has 0 atom stereocenters. The van der Waals surface area contributed by atoms with Gasteiger partial charge < -0.3 is 10.4 Å². The monoisotopic (exact) mass is 233 g/mol. The summed E-state index contributed by atoms with van der Waals surface area (Å²) in [6.07, 6.45) is 1.09. The summed E-state index contributed by atoms with van der Waals surface area (Å²) in [5, 5.41) is 10.9. The number of amides is 1. The molecule has 0 rings (SSSR count). The number of carbonyl (C=O) groups excluding carboxylic acids is 1. The highest BCUT2D eigenvalue weighted by molar-refractivity contribution is 7.99. The van der Waals surface area contributed by atoms with Gasteiger partial charge in [0.05, 0.1) is 12.2 Å². The van der Waals surface area contributed by atoms with Gasteiger partial charge in [-0.3, -0.25) is 9.59 Å². The van der Waals surface area contributed by atoms with E-state index in [0.717, 1.165) is 12.2 Å². The quantitative estimate of drug-likeness (QED) is 0.621. The second-order valence-corrected chi connectivity index (χ2v) is 4.83. The maximum atomic E-state index is 11.1. The van der Waals surface area contributed by atoms with Gasteiger partial charge in [0.15, 0.2) is 0 Å². The second kappa shape index (κ2) is 8.59. The average Bonchev–Trinajstić information content (AvgIpc) is 2.11. The maximum absolute atomic E-state index is 11.1. The average molecular weight is 233 g/mol. The molecule has 0 aliphatic heterocycles. The number of nitrogens with one attached hydrogen (secondary N) is 1. The predicted molar refractivity (Wildman–Crippen MR) is 62.0 cm³/mol. The second-order valence-electron chi connectivity index (χ2n) is 3.73. The molecule has 0 aromatic rings. The number of thioether (sulfide) groups is 1. The first kappa shape index (κ1) is 14.3. The number of carbonyl (C=O) groups is 2. The summed E-state index contributed by atoms with van der Waals surface area (Å²) in [6.45, 7) is 4.51. The molecule has 15 heavy (non-hydrogen) atoms. The minimum absolute atomic E-state index is 0.0115. The lowest BCUT2D eigenvalue weighted by molar-refractivity contribution is -0.136. The molecule has 0 aromatic carbocycles. The van der Waals surface area contributed by atoms with Crippen molar-refractivity contribution in [1.29, 1.82) is 0 Å². The molecule has 0 saturated heterocycles. The number of carboxylic acids is 1. The van der Waals surface area contributed by atoms with E-state index in [0.29, 0.717) is 11.7 Å². The van der Waals surface area contributed by atoms with Crippen LogP contribution >= 0.6 is 11.8 Å². The first-order valence-electron chi connectivity index (χ1n) is 5.08. The van der Waals surface area contributed by atoms with Gasteiger partial charge in [-0.25, -0.2) is 0 Å². The van der Waals surface area contributed by atoms with Gasteiger partial charge in [-0.2, -0.15) is 11.8 Å². The van der Waals surface area contributed by atoms with Crippen LogP contribution in [0.1, 0.15) is 26.7 Å². The highest BCUT2D eigenvalue weighted by Crippen LogP contribution is 2.07. The summed E-state index contributed by atoms with van der Waals surface area (Å²) in [6, 6.07) is 0. The Morgan fingerprint density at radius 1 is 1.40 bits per heavy atom. The normalized spacial score (nSPS) is 10.3. The van der Waals surface area contributed by atoms with Gasteiger partial charge >= 0.3 is 5.97 Å². The van der Waals surface area contributed by atoms with Gasteiger partial charge in [0.25, 0.3) is 0 Å². The molecule has 0 bridgehead atoms. The van der Waals surface area contributed by atoms with E-state index in [9.17, 15) is 9.59 Å². The van der Waals surface area contributed by atoms with Gasteiger partial charge in [0, 0.05) is 6.54 Å². The van der Waals surface area contributed by atoms with Crippen molar-refractivity contribution in [2.24, 2.45) is 5.92 Å². The Morgan fingerprint density at radius 2 is 2.07 bits per heavy atom. The Bertz CT molecular complexity index is 207. The number of aliphatic carboxylic acids is 1.